The first kappa shape index (κ1) is 8.99. The summed E-state index contributed by atoms with van der Waals surface area (Å²) in [5.41, 5.74) is 0. The zero-order valence-corrected chi connectivity index (χ0v) is 8.72. The summed E-state index contributed by atoms with van der Waals surface area (Å²) >= 11 is 0. The molecule has 0 amide bonds. The summed E-state index contributed by atoms with van der Waals surface area (Å²) in [5.74, 6) is 2.69. The van der Waals surface area contributed by atoms with Gasteiger partial charge in [-0.3, -0.25) is 9.20 Å². The predicted molar refractivity (Wildman–Crippen MR) is 54.4 cm³/mol. The van der Waals surface area contributed by atoms with Crippen molar-refractivity contribution in [2.45, 2.75) is 0 Å². The van der Waals surface area contributed by atoms with Gasteiger partial charge in [0.1, 0.15) is 0 Å². The molecule has 0 atom stereocenters. The Bertz CT molecular complexity index is 244. The molecule has 1 saturated heterocycles. The molecule has 1 fully saturated rings. The molecule has 2 aliphatic heterocycles. The average Bonchev–Trinajstić information content (AvgIpc) is 2.53. The van der Waals surface area contributed by atoms with Gasteiger partial charge in [0.25, 0.3) is 0 Å². The highest BCUT2D eigenvalue weighted by molar-refractivity contribution is 7.85. The van der Waals surface area contributed by atoms with Crippen LogP contribution in [0.3, 0.4) is 0 Å². The third kappa shape index (κ3) is 1.85. The van der Waals surface area contributed by atoms with E-state index in [-0.39, 0.29) is 0 Å². The summed E-state index contributed by atoms with van der Waals surface area (Å²) in [7, 11) is 1.48. The molecular formula is C8H15N3OS. The largest absolute Gasteiger partial charge is 0.344 e. The third-order valence-corrected chi connectivity index (χ3v) is 3.77. The maximum atomic E-state index is 11.1. The van der Waals surface area contributed by atoms with Gasteiger partial charge in [-0.1, -0.05) is 0 Å². The van der Waals surface area contributed by atoms with Gasteiger partial charge in [0, 0.05) is 49.0 Å². The fraction of sp³-hybridized carbons (Fsp3) is 0.875. The Morgan fingerprint density at radius 2 is 2.00 bits per heavy atom. The van der Waals surface area contributed by atoms with Crippen LogP contribution in [0.15, 0.2) is 4.99 Å². The number of hydrogen-bond donors (Lipinski definition) is 0. The van der Waals surface area contributed by atoms with Crippen molar-refractivity contribution < 1.29 is 4.21 Å². The van der Waals surface area contributed by atoms with E-state index in [1.807, 2.05) is 0 Å². The topological polar surface area (TPSA) is 35.9 Å². The van der Waals surface area contributed by atoms with E-state index in [1.54, 1.807) is 0 Å². The minimum absolute atomic E-state index is 0.587. The lowest BCUT2D eigenvalue weighted by molar-refractivity contribution is 0.388. The van der Waals surface area contributed by atoms with E-state index < -0.39 is 10.8 Å². The Morgan fingerprint density at radius 1 is 1.31 bits per heavy atom. The highest BCUT2D eigenvalue weighted by Gasteiger charge is 2.23. The van der Waals surface area contributed by atoms with E-state index in [4.69, 9.17) is 0 Å². The molecule has 0 saturated carbocycles. The molecule has 74 valence electrons. The monoisotopic (exact) mass is 201 g/mol. The number of guanidine groups is 1. The van der Waals surface area contributed by atoms with Gasteiger partial charge in [0.2, 0.25) is 0 Å². The summed E-state index contributed by atoms with van der Waals surface area (Å²) in [6, 6.07) is 0. The second kappa shape index (κ2) is 3.65. The van der Waals surface area contributed by atoms with Gasteiger partial charge in [0.15, 0.2) is 5.96 Å². The SMILES string of the molecule is CN1CCN=C1N1CCS(=O)CC1. The lowest BCUT2D eigenvalue weighted by Crippen LogP contribution is -2.46. The lowest BCUT2D eigenvalue weighted by atomic mass is 10.5. The minimum atomic E-state index is -0.587. The Hall–Kier alpha value is -0.580. The summed E-state index contributed by atoms with van der Waals surface area (Å²) in [6.45, 7) is 3.73. The predicted octanol–water partition coefficient (Wildman–Crippen LogP) is -0.648. The fourth-order valence-electron chi connectivity index (χ4n) is 1.70. The Balaban J connectivity index is 1.98. The number of aliphatic imine (C=N–C) groups is 1. The van der Waals surface area contributed by atoms with E-state index in [0.717, 1.165) is 43.6 Å². The van der Waals surface area contributed by atoms with E-state index in [9.17, 15) is 4.21 Å². The molecule has 0 aromatic heterocycles. The molecule has 13 heavy (non-hydrogen) atoms. The average molecular weight is 201 g/mol. The molecule has 0 unspecified atom stereocenters. The van der Waals surface area contributed by atoms with Crippen LogP contribution in [-0.4, -0.2) is 64.7 Å². The van der Waals surface area contributed by atoms with Crippen LogP contribution in [0.1, 0.15) is 0 Å². The third-order valence-electron chi connectivity index (χ3n) is 2.49. The highest BCUT2D eigenvalue weighted by Crippen LogP contribution is 2.07. The first-order valence-corrected chi connectivity index (χ1v) is 6.11. The lowest BCUT2D eigenvalue weighted by Gasteiger charge is -2.31. The van der Waals surface area contributed by atoms with Gasteiger partial charge < -0.3 is 9.80 Å². The minimum Gasteiger partial charge on any atom is -0.344 e. The zero-order valence-electron chi connectivity index (χ0n) is 7.90. The van der Waals surface area contributed by atoms with Crippen LogP contribution in [-0.2, 0) is 10.8 Å². The molecule has 2 aliphatic rings. The van der Waals surface area contributed by atoms with Crippen molar-refractivity contribution in [1.82, 2.24) is 9.80 Å². The molecule has 0 spiro atoms. The highest BCUT2D eigenvalue weighted by atomic mass is 32.2. The molecule has 0 aromatic carbocycles. The molecule has 2 rings (SSSR count). The van der Waals surface area contributed by atoms with Crippen molar-refractivity contribution in [1.29, 1.82) is 0 Å². The molecule has 0 N–H and O–H groups in total. The molecule has 0 aromatic rings. The number of hydrogen-bond acceptors (Lipinski definition) is 4. The van der Waals surface area contributed by atoms with E-state index >= 15 is 0 Å². The van der Waals surface area contributed by atoms with Gasteiger partial charge in [-0.25, -0.2) is 0 Å². The molecule has 0 radical (unpaired) electrons. The number of nitrogens with zero attached hydrogens (tertiary/aromatic N) is 3. The summed E-state index contributed by atoms with van der Waals surface area (Å²) in [5, 5.41) is 0. The molecule has 0 aliphatic carbocycles. The van der Waals surface area contributed by atoms with Crippen molar-refractivity contribution in [3.63, 3.8) is 0 Å². The number of rotatable bonds is 0. The second-order valence-corrected chi connectivity index (χ2v) is 5.13. The fourth-order valence-corrected chi connectivity index (χ4v) is 2.75. The van der Waals surface area contributed by atoms with E-state index in [1.165, 1.54) is 0 Å². The van der Waals surface area contributed by atoms with Crippen molar-refractivity contribution in [2.24, 2.45) is 4.99 Å². The normalized spacial score (nSPS) is 25.2. The van der Waals surface area contributed by atoms with Gasteiger partial charge >= 0.3 is 0 Å². The van der Waals surface area contributed by atoms with Gasteiger partial charge in [-0.2, -0.15) is 0 Å². The summed E-state index contributed by atoms with van der Waals surface area (Å²) in [4.78, 5) is 8.85. The van der Waals surface area contributed by atoms with Crippen LogP contribution in [0, 0.1) is 0 Å². The second-order valence-electron chi connectivity index (χ2n) is 3.44. The van der Waals surface area contributed by atoms with Crippen LogP contribution < -0.4 is 0 Å². The van der Waals surface area contributed by atoms with Gasteiger partial charge in [0.05, 0.1) is 6.54 Å². The van der Waals surface area contributed by atoms with Crippen LogP contribution in [0.5, 0.6) is 0 Å². The van der Waals surface area contributed by atoms with Crippen molar-refractivity contribution in [3.05, 3.63) is 0 Å². The van der Waals surface area contributed by atoms with Gasteiger partial charge in [-0.15, -0.1) is 0 Å². The smallest absolute Gasteiger partial charge is 0.196 e. The zero-order chi connectivity index (χ0) is 9.26. The molecule has 0 bridgehead atoms. The quantitative estimate of drug-likeness (QED) is 0.522. The summed E-state index contributed by atoms with van der Waals surface area (Å²) in [6.07, 6.45) is 0. The first-order valence-electron chi connectivity index (χ1n) is 4.63. The van der Waals surface area contributed by atoms with Crippen LogP contribution >= 0.6 is 0 Å². The van der Waals surface area contributed by atoms with Gasteiger partial charge in [-0.05, 0) is 0 Å². The Kier molecular flexibility index (Phi) is 2.53. The first-order chi connectivity index (χ1) is 6.27. The Morgan fingerprint density at radius 3 is 2.54 bits per heavy atom. The van der Waals surface area contributed by atoms with Crippen molar-refractivity contribution in [3.8, 4) is 0 Å². The van der Waals surface area contributed by atoms with Crippen LogP contribution in [0.4, 0.5) is 0 Å². The standard InChI is InChI=1S/C8H15N3OS/c1-10-3-2-9-8(10)11-4-6-13(12)7-5-11/h2-7H2,1H3. The van der Waals surface area contributed by atoms with Crippen LogP contribution in [0.25, 0.3) is 0 Å². The van der Waals surface area contributed by atoms with Crippen molar-refractivity contribution in [2.75, 3.05) is 44.7 Å². The molecule has 5 heteroatoms. The summed E-state index contributed by atoms with van der Waals surface area (Å²) < 4.78 is 11.1. The maximum absolute atomic E-state index is 11.1. The van der Waals surface area contributed by atoms with E-state index in [2.05, 4.69) is 21.8 Å². The molecule has 4 nitrogen and oxygen atoms in total. The maximum Gasteiger partial charge on any atom is 0.196 e. The molecule has 2 heterocycles. The van der Waals surface area contributed by atoms with E-state index in [0.29, 0.717) is 0 Å². The molecular weight excluding hydrogens is 186 g/mol. The Labute approximate surface area is 81.1 Å². The number of likely N-dealkylation sites (N-methyl/N-ethyl adjacent to an activating group) is 1. The van der Waals surface area contributed by atoms with Crippen LogP contribution in [0.2, 0.25) is 0 Å². The van der Waals surface area contributed by atoms with Crippen molar-refractivity contribution >= 4 is 16.8 Å².